The van der Waals surface area contributed by atoms with E-state index in [1.807, 2.05) is 5.06 Å². The van der Waals surface area contributed by atoms with Crippen LogP contribution in [-0.4, -0.2) is 36.8 Å². The highest BCUT2D eigenvalue weighted by atomic mass is 16.7. The van der Waals surface area contributed by atoms with E-state index >= 15 is 0 Å². The Morgan fingerprint density at radius 2 is 2.00 bits per heavy atom. The molecule has 0 unspecified atom stereocenters. The number of hydroxylamine groups is 2. The van der Waals surface area contributed by atoms with E-state index in [0.29, 0.717) is 12.5 Å². The van der Waals surface area contributed by atoms with Gasteiger partial charge in [-0.1, -0.05) is 44.2 Å². The zero-order valence-corrected chi connectivity index (χ0v) is 12.7. The van der Waals surface area contributed by atoms with E-state index in [4.69, 9.17) is 9.83 Å². The van der Waals surface area contributed by atoms with Crippen LogP contribution in [0.3, 0.4) is 0 Å². The van der Waals surface area contributed by atoms with Crippen molar-refractivity contribution in [1.29, 1.82) is 0 Å². The van der Waals surface area contributed by atoms with Crippen molar-refractivity contribution in [3.63, 3.8) is 0 Å². The van der Waals surface area contributed by atoms with Gasteiger partial charge in [0, 0.05) is 12.5 Å². The van der Waals surface area contributed by atoms with Gasteiger partial charge < -0.3 is 10.2 Å². The van der Waals surface area contributed by atoms with Gasteiger partial charge in [0.1, 0.15) is 6.17 Å². The summed E-state index contributed by atoms with van der Waals surface area (Å²) in [6, 6.07) is 10.6. The highest BCUT2D eigenvalue weighted by molar-refractivity contribution is 5.79. The highest BCUT2D eigenvalue weighted by Gasteiger charge is 2.33. The molecule has 1 aromatic carbocycles. The Balaban J connectivity index is 2.16. The molecule has 0 radical (unpaired) electrons. The van der Waals surface area contributed by atoms with Crippen LogP contribution in [0.15, 0.2) is 35.3 Å². The van der Waals surface area contributed by atoms with E-state index in [-0.39, 0.29) is 6.17 Å². The highest BCUT2D eigenvalue weighted by Crippen LogP contribution is 2.30. The third-order valence-corrected chi connectivity index (χ3v) is 3.66. The molecule has 1 aromatic rings. The molecule has 110 valence electrons. The Morgan fingerprint density at radius 3 is 2.60 bits per heavy atom. The molecule has 1 aliphatic heterocycles. The van der Waals surface area contributed by atoms with Crippen LogP contribution in [-0.2, 0) is 4.84 Å². The average Bonchev–Trinajstić information content (AvgIpc) is 2.90. The molecule has 4 heteroatoms. The van der Waals surface area contributed by atoms with Gasteiger partial charge in [0.25, 0.3) is 0 Å². The molecule has 0 amide bonds. The van der Waals surface area contributed by atoms with Gasteiger partial charge in [-0.2, -0.15) is 0 Å². The van der Waals surface area contributed by atoms with Gasteiger partial charge >= 0.3 is 0 Å². The maximum Gasteiger partial charge on any atom is 0.225 e. The van der Waals surface area contributed by atoms with Gasteiger partial charge in [-0.3, -0.25) is 0 Å². The third-order valence-electron chi connectivity index (χ3n) is 3.66. The number of rotatable bonds is 7. The van der Waals surface area contributed by atoms with Crippen molar-refractivity contribution < 1.29 is 4.84 Å². The average molecular weight is 275 g/mol. The minimum Gasteiger partial charge on any atom is -0.387 e. The topological polar surface area (TPSA) is 36.9 Å². The standard InChI is InChI=1S/C16H25N3O/c1-4-14(13-10-8-7-9-11-13)16-18-15(12-17-5-2)20-19(16)6-3/h7-11,14,16-17H,4-6,12H2,1-3H3/t14-,16+/m0/s1. The monoisotopic (exact) mass is 275 g/mol. The van der Waals surface area contributed by atoms with Crippen molar-refractivity contribution in [1.82, 2.24) is 10.4 Å². The second-order valence-electron chi connectivity index (χ2n) is 4.97. The fourth-order valence-electron chi connectivity index (χ4n) is 2.60. The molecule has 0 aliphatic carbocycles. The number of hydrogen-bond acceptors (Lipinski definition) is 4. The van der Waals surface area contributed by atoms with E-state index in [9.17, 15) is 0 Å². The lowest BCUT2D eigenvalue weighted by Crippen LogP contribution is -2.34. The van der Waals surface area contributed by atoms with E-state index in [0.717, 1.165) is 25.4 Å². The molecule has 1 heterocycles. The van der Waals surface area contributed by atoms with E-state index in [1.54, 1.807) is 0 Å². The summed E-state index contributed by atoms with van der Waals surface area (Å²) < 4.78 is 0. The van der Waals surface area contributed by atoms with Gasteiger partial charge in [-0.05, 0) is 25.5 Å². The lowest BCUT2D eigenvalue weighted by atomic mass is 9.93. The van der Waals surface area contributed by atoms with Crippen LogP contribution in [0.25, 0.3) is 0 Å². The Bertz CT molecular complexity index is 433. The maximum absolute atomic E-state index is 5.85. The van der Waals surface area contributed by atoms with Gasteiger partial charge in [0.2, 0.25) is 5.90 Å². The van der Waals surface area contributed by atoms with Crippen LogP contribution in [0.4, 0.5) is 0 Å². The first-order valence-corrected chi connectivity index (χ1v) is 7.57. The SMILES string of the molecule is CCNCC1=N[C@@H]([C@@H](CC)c2ccccc2)N(CC)O1. The maximum atomic E-state index is 5.85. The first-order chi connectivity index (χ1) is 9.80. The molecule has 4 nitrogen and oxygen atoms in total. The molecule has 2 rings (SSSR count). The molecule has 0 saturated carbocycles. The molecular weight excluding hydrogens is 250 g/mol. The van der Waals surface area contributed by atoms with Gasteiger partial charge in [-0.25, -0.2) is 4.99 Å². The summed E-state index contributed by atoms with van der Waals surface area (Å²) >= 11 is 0. The van der Waals surface area contributed by atoms with Crippen molar-refractivity contribution >= 4 is 5.90 Å². The summed E-state index contributed by atoms with van der Waals surface area (Å²) in [4.78, 5) is 10.6. The third kappa shape index (κ3) is 3.38. The van der Waals surface area contributed by atoms with Gasteiger partial charge in [-0.15, -0.1) is 5.06 Å². The molecular formula is C16H25N3O. The zero-order chi connectivity index (χ0) is 14.4. The Kier molecular flexibility index (Phi) is 5.56. The molecule has 0 bridgehead atoms. The number of nitrogens with one attached hydrogen (secondary N) is 1. The second kappa shape index (κ2) is 7.41. The Morgan fingerprint density at radius 1 is 1.25 bits per heavy atom. The molecule has 0 spiro atoms. The van der Waals surface area contributed by atoms with Crippen LogP contribution in [0, 0.1) is 0 Å². The van der Waals surface area contributed by atoms with Crippen molar-refractivity contribution in [3.05, 3.63) is 35.9 Å². The first kappa shape index (κ1) is 15.0. The molecule has 1 N–H and O–H groups in total. The molecule has 1 aliphatic rings. The first-order valence-electron chi connectivity index (χ1n) is 7.57. The van der Waals surface area contributed by atoms with Crippen molar-refractivity contribution in [3.8, 4) is 0 Å². The smallest absolute Gasteiger partial charge is 0.225 e. The van der Waals surface area contributed by atoms with E-state index in [1.165, 1.54) is 5.56 Å². The summed E-state index contributed by atoms with van der Waals surface area (Å²) in [5.41, 5.74) is 1.33. The molecule has 0 aromatic heterocycles. The predicted octanol–water partition coefficient (Wildman–Crippen LogP) is 2.78. The van der Waals surface area contributed by atoms with Gasteiger partial charge in [0.05, 0.1) is 6.54 Å². The number of likely N-dealkylation sites (N-methyl/N-ethyl adjacent to an activating group) is 2. The lowest BCUT2D eigenvalue weighted by Gasteiger charge is -2.26. The molecule has 20 heavy (non-hydrogen) atoms. The van der Waals surface area contributed by atoms with Crippen LogP contribution < -0.4 is 5.32 Å². The Hall–Kier alpha value is -1.39. The summed E-state index contributed by atoms with van der Waals surface area (Å²) in [5.74, 6) is 1.17. The van der Waals surface area contributed by atoms with Crippen LogP contribution >= 0.6 is 0 Å². The molecule has 0 saturated heterocycles. The van der Waals surface area contributed by atoms with Crippen molar-refractivity contribution in [2.75, 3.05) is 19.6 Å². The fourth-order valence-corrected chi connectivity index (χ4v) is 2.60. The van der Waals surface area contributed by atoms with E-state index in [2.05, 4.69) is 56.4 Å². The number of aliphatic imine (C=N–C) groups is 1. The number of hydrogen-bond donors (Lipinski definition) is 1. The van der Waals surface area contributed by atoms with Crippen LogP contribution in [0.5, 0.6) is 0 Å². The zero-order valence-electron chi connectivity index (χ0n) is 12.7. The number of benzene rings is 1. The minimum atomic E-state index is 0.0843. The second-order valence-corrected chi connectivity index (χ2v) is 4.97. The summed E-state index contributed by atoms with van der Waals surface area (Å²) in [5, 5.41) is 5.26. The predicted molar refractivity (Wildman–Crippen MR) is 82.7 cm³/mol. The van der Waals surface area contributed by atoms with Crippen molar-refractivity contribution in [2.24, 2.45) is 4.99 Å². The van der Waals surface area contributed by atoms with E-state index < -0.39 is 0 Å². The quantitative estimate of drug-likeness (QED) is 0.831. The summed E-state index contributed by atoms with van der Waals surface area (Å²) in [7, 11) is 0. The van der Waals surface area contributed by atoms with Gasteiger partial charge in [0.15, 0.2) is 0 Å². The normalized spacial score (nSPS) is 20.6. The van der Waals surface area contributed by atoms with Crippen LogP contribution in [0.1, 0.15) is 38.7 Å². The fraction of sp³-hybridized carbons (Fsp3) is 0.562. The van der Waals surface area contributed by atoms with Crippen molar-refractivity contribution in [2.45, 2.75) is 39.3 Å². The summed E-state index contributed by atoms with van der Waals surface area (Å²) in [6.07, 6.45) is 1.13. The lowest BCUT2D eigenvalue weighted by molar-refractivity contribution is -0.0869. The minimum absolute atomic E-state index is 0.0843. The largest absolute Gasteiger partial charge is 0.387 e. The summed E-state index contributed by atoms with van der Waals surface area (Å²) in [6.45, 7) is 8.88. The molecule has 0 fully saturated rings. The number of nitrogens with zero attached hydrogens (tertiary/aromatic N) is 2. The molecule has 2 atom stereocenters. The Labute approximate surface area is 121 Å². The van der Waals surface area contributed by atoms with Crippen LogP contribution in [0.2, 0.25) is 0 Å².